The van der Waals surface area contributed by atoms with Gasteiger partial charge in [-0.2, -0.15) is 0 Å². The summed E-state index contributed by atoms with van der Waals surface area (Å²) in [6.45, 7) is 6.24. The van der Waals surface area contributed by atoms with Crippen LogP contribution in [-0.2, 0) is 9.53 Å². The fourth-order valence-corrected chi connectivity index (χ4v) is 1.52. The van der Waals surface area contributed by atoms with Gasteiger partial charge in [0.2, 0.25) is 0 Å². The summed E-state index contributed by atoms with van der Waals surface area (Å²) < 4.78 is 4.88. The van der Waals surface area contributed by atoms with Crippen molar-refractivity contribution in [3.63, 3.8) is 0 Å². The van der Waals surface area contributed by atoms with E-state index in [1.54, 1.807) is 6.92 Å². The van der Waals surface area contributed by atoms with E-state index in [-0.39, 0.29) is 5.97 Å². The molecule has 0 aliphatic rings. The molecule has 0 aliphatic heterocycles. The van der Waals surface area contributed by atoms with Gasteiger partial charge in [0.05, 0.1) is 18.0 Å². The third-order valence-electron chi connectivity index (χ3n) is 2.44. The number of carbonyl (C=O) groups excluding carboxylic acids is 1. The van der Waals surface area contributed by atoms with Crippen molar-refractivity contribution in [1.82, 2.24) is 0 Å². The molecule has 0 bridgehead atoms. The minimum absolute atomic E-state index is 0.354. The van der Waals surface area contributed by atoms with E-state index in [4.69, 9.17) is 4.74 Å². The number of hydrogen-bond acceptors (Lipinski definition) is 4. The first-order valence-corrected chi connectivity index (χ1v) is 5.91. The molecule has 0 radical (unpaired) electrons. The van der Waals surface area contributed by atoms with E-state index in [0.717, 1.165) is 11.4 Å². The van der Waals surface area contributed by atoms with Crippen molar-refractivity contribution < 1.29 is 9.53 Å². The lowest BCUT2D eigenvalue weighted by atomic mass is 10.2. The first-order chi connectivity index (χ1) is 8.56. The van der Waals surface area contributed by atoms with Crippen LogP contribution in [0.1, 0.15) is 6.92 Å². The normalized spacial score (nSPS) is 9.72. The zero-order valence-electron chi connectivity index (χ0n) is 11.2. The third-order valence-corrected chi connectivity index (χ3v) is 2.44. The van der Waals surface area contributed by atoms with Crippen LogP contribution in [0, 0.1) is 0 Å². The highest BCUT2D eigenvalue weighted by Crippen LogP contribution is 2.23. The van der Waals surface area contributed by atoms with E-state index < -0.39 is 0 Å². The van der Waals surface area contributed by atoms with Gasteiger partial charge in [0.1, 0.15) is 0 Å². The van der Waals surface area contributed by atoms with Gasteiger partial charge >= 0.3 is 5.97 Å². The Hall–Kier alpha value is -1.97. The van der Waals surface area contributed by atoms with Crippen molar-refractivity contribution in [2.24, 2.45) is 0 Å². The molecule has 4 heteroatoms. The van der Waals surface area contributed by atoms with Crippen molar-refractivity contribution >= 4 is 17.3 Å². The molecule has 0 aliphatic carbocycles. The molecule has 0 saturated heterocycles. The van der Waals surface area contributed by atoms with Gasteiger partial charge in [-0.25, -0.2) is 4.79 Å². The molecule has 0 heterocycles. The number of carbonyl (C=O) groups is 1. The minimum atomic E-state index is -0.354. The van der Waals surface area contributed by atoms with Crippen LogP contribution in [0.5, 0.6) is 0 Å². The topological polar surface area (TPSA) is 41.6 Å². The molecular formula is C14H20N2O2. The average molecular weight is 248 g/mol. The number of benzene rings is 1. The van der Waals surface area contributed by atoms with Crippen molar-refractivity contribution in [2.45, 2.75) is 6.92 Å². The number of para-hydroxylation sites is 2. The Balaban J connectivity index is 2.64. The fraction of sp³-hybridized carbons (Fsp3) is 0.357. The Bertz CT molecular complexity index is 428. The predicted octanol–water partition coefficient (Wildman–Crippen LogP) is 2.28. The highest BCUT2D eigenvalue weighted by atomic mass is 16.5. The molecule has 0 fully saturated rings. The molecule has 98 valence electrons. The Morgan fingerprint density at radius 2 is 2.06 bits per heavy atom. The molecular weight excluding hydrogens is 228 g/mol. The van der Waals surface area contributed by atoms with Crippen molar-refractivity contribution in [3.8, 4) is 0 Å². The molecule has 18 heavy (non-hydrogen) atoms. The van der Waals surface area contributed by atoms with Gasteiger partial charge in [-0.1, -0.05) is 18.7 Å². The lowest BCUT2D eigenvalue weighted by Crippen LogP contribution is -2.17. The Morgan fingerprint density at radius 1 is 1.39 bits per heavy atom. The first kappa shape index (κ1) is 14.1. The van der Waals surface area contributed by atoms with Crippen LogP contribution in [0.2, 0.25) is 0 Å². The molecule has 1 aromatic rings. The van der Waals surface area contributed by atoms with Crippen LogP contribution in [0.15, 0.2) is 36.4 Å². The molecule has 0 atom stereocenters. The predicted molar refractivity (Wildman–Crippen MR) is 75.0 cm³/mol. The maximum Gasteiger partial charge on any atom is 0.335 e. The molecule has 1 aromatic carbocycles. The Labute approximate surface area is 108 Å². The van der Waals surface area contributed by atoms with Gasteiger partial charge in [-0.15, -0.1) is 0 Å². The van der Waals surface area contributed by atoms with E-state index in [1.165, 1.54) is 0 Å². The lowest BCUT2D eigenvalue weighted by Gasteiger charge is -2.18. The van der Waals surface area contributed by atoms with Gasteiger partial charge in [-0.3, -0.25) is 0 Å². The molecule has 1 rings (SSSR count). The van der Waals surface area contributed by atoms with Gasteiger partial charge in [0, 0.05) is 26.2 Å². The SMILES string of the molecule is C=C(CNc1ccccc1N(C)C)C(=O)OCC. The van der Waals surface area contributed by atoms with Crippen LogP contribution in [0.25, 0.3) is 0 Å². The molecule has 4 nitrogen and oxygen atoms in total. The number of nitrogens with one attached hydrogen (secondary N) is 1. The van der Waals surface area contributed by atoms with Gasteiger partial charge in [-0.05, 0) is 19.1 Å². The molecule has 0 spiro atoms. The summed E-state index contributed by atoms with van der Waals surface area (Å²) in [6, 6.07) is 7.90. The largest absolute Gasteiger partial charge is 0.463 e. The second-order valence-electron chi connectivity index (χ2n) is 4.09. The van der Waals surface area contributed by atoms with Crippen LogP contribution in [0.4, 0.5) is 11.4 Å². The van der Waals surface area contributed by atoms with Crippen LogP contribution < -0.4 is 10.2 Å². The standard InChI is InChI=1S/C14H20N2O2/c1-5-18-14(17)11(2)10-15-12-8-6-7-9-13(12)16(3)4/h6-9,15H,2,5,10H2,1,3-4H3. The zero-order chi connectivity index (χ0) is 13.5. The lowest BCUT2D eigenvalue weighted by molar-refractivity contribution is -0.138. The van der Waals surface area contributed by atoms with Crippen LogP contribution in [-0.4, -0.2) is 33.2 Å². The quantitative estimate of drug-likeness (QED) is 0.619. The highest BCUT2D eigenvalue weighted by molar-refractivity contribution is 5.89. The Kier molecular flexibility index (Phi) is 5.24. The molecule has 0 saturated carbocycles. The number of esters is 1. The molecule has 1 N–H and O–H groups in total. The van der Waals surface area contributed by atoms with Gasteiger partial charge < -0.3 is 15.0 Å². The van der Waals surface area contributed by atoms with Gasteiger partial charge in [0.25, 0.3) is 0 Å². The van der Waals surface area contributed by atoms with E-state index in [1.807, 2.05) is 43.3 Å². The van der Waals surface area contributed by atoms with Crippen molar-refractivity contribution in [3.05, 3.63) is 36.4 Å². The minimum Gasteiger partial charge on any atom is -0.463 e. The van der Waals surface area contributed by atoms with Crippen molar-refractivity contribution in [2.75, 3.05) is 37.5 Å². The second-order valence-corrected chi connectivity index (χ2v) is 4.09. The Morgan fingerprint density at radius 3 is 2.67 bits per heavy atom. The van der Waals surface area contributed by atoms with E-state index in [2.05, 4.69) is 11.9 Å². The number of rotatable bonds is 6. The smallest absolute Gasteiger partial charge is 0.335 e. The number of hydrogen-bond donors (Lipinski definition) is 1. The summed E-state index contributed by atoms with van der Waals surface area (Å²) in [4.78, 5) is 13.4. The summed E-state index contributed by atoms with van der Waals surface area (Å²) in [5.74, 6) is -0.354. The number of nitrogens with zero attached hydrogens (tertiary/aromatic N) is 1. The van der Waals surface area contributed by atoms with Gasteiger partial charge in [0.15, 0.2) is 0 Å². The number of ether oxygens (including phenoxy) is 1. The average Bonchev–Trinajstić information content (AvgIpc) is 2.36. The highest BCUT2D eigenvalue weighted by Gasteiger charge is 2.09. The second kappa shape index (κ2) is 6.69. The third kappa shape index (κ3) is 3.80. The fourth-order valence-electron chi connectivity index (χ4n) is 1.52. The monoisotopic (exact) mass is 248 g/mol. The molecule has 0 unspecified atom stereocenters. The van der Waals surface area contributed by atoms with Crippen LogP contribution >= 0.6 is 0 Å². The van der Waals surface area contributed by atoms with E-state index >= 15 is 0 Å². The maximum atomic E-state index is 11.4. The zero-order valence-corrected chi connectivity index (χ0v) is 11.2. The van der Waals surface area contributed by atoms with Crippen LogP contribution in [0.3, 0.4) is 0 Å². The summed E-state index contributed by atoms with van der Waals surface area (Å²) >= 11 is 0. The number of anilines is 2. The molecule has 0 aromatic heterocycles. The van der Waals surface area contributed by atoms with E-state index in [0.29, 0.717) is 18.7 Å². The molecule has 0 amide bonds. The first-order valence-electron chi connectivity index (χ1n) is 5.91. The van der Waals surface area contributed by atoms with E-state index in [9.17, 15) is 4.79 Å². The van der Waals surface area contributed by atoms with Crippen molar-refractivity contribution in [1.29, 1.82) is 0 Å². The summed E-state index contributed by atoms with van der Waals surface area (Å²) in [5.41, 5.74) is 2.45. The summed E-state index contributed by atoms with van der Waals surface area (Å²) in [6.07, 6.45) is 0. The maximum absolute atomic E-state index is 11.4. The summed E-state index contributed by atoms with van der Waals surface area (Å²) in [5, 5.41) is 3.19. The summed E-state index contributed by atoms with van der Waals surface area (Å²) in [7, 11) is 3.95.